The zero-order valence-electron chi connectivity index (χ0n) is 13.7. The standard InChI is InChI=1S/C16H15F3N4O3/c1-25-13-7-20-8-14(22-13)26-11-4-5-23(9-11)15(24)10-2-3-12(21-6-10)16(17,18)19/h2-3,6-8,11H,4-5,9H2,1H3/t11-/m1/s1. The highest BCUT2D eigenvalue weighted by molar-refractivity contribution is 5.94. The summed E-state index contributed by atoms with van der Waals surface area (Å²) in [5.41, 5.74) is -0.937. The molecule has 0 bridgehead atoms. The molecule has 138 valence electrons. The Morgan fingerprint density at radius 3 is 2.65 bits per heavy atom. The van der Waals surface area contributed by atoms with E-state index in [-0.39, 0.29) is 17.5 Å². The molecule has 2 aromatic heterocycles. The van der Waals surface area contributed by atoms with Crippen LogP contribution in [0.3, 0.4) is 0 Å². The van der Waals surface area contributed by atoms with Gasteiger partial charge in [0.2, 0.25) is 11.8 Å². The Hall–Kier alpha value is -2.91. The van der Waals surface area contributed by atoms with Crippen molar-refractivity contribution in [3.8, 4) is 11.8 Å². The van der Waals surface area contributed by atoms with Gasteiger partial charge in [0.25, 0.3) is 5.91 Å². The molecule has 7 nitrogen and oxygen atoms in total. The highest BCUT2D eigenvalue weighted by Crippen LogP contribution is 2.27. The van der Waals surface area contributed by atoms with Gasteiger partial charge < -0.3 is 14.4 Å². The van der Waals surface area contributed by atoms with Crippen LogP contribution in [0.15, 0.2) is 30.7 Å². The number of hydrogen-bond donors (Lipinski definition) is 0. The molecule has 0 unspecified atom stereocenters. The molecule has 1 aliphatic heterocycles. The molecule has 0 saturated carbocycles. The molecular formula is C16H15F3N4O3. The normalized spacial score (nSPS) is 17.2. The molecule has 0 spiro atoms. The maximum atomic E-state index is 12.5. The van der Waals surface area contributed by atoms with E-state index in [9.17, 15) is 18.0 Å². The monoisotopic (exact) mass is 368 g/mol. The van der Waals surface area contributed by atoms with Gasteiger partial charge in [0.15, 0.2) is 0 Å². The van der Waals surface area contributed by atoms with E-state index in [1.165, 1.54) is 24.4 Å². The van der Waals surface area contributed by atoms with Gasteiger partial charge in [-0.1, -0.05) is 0 Å². The molecule has 0 N–H and O–H groups in total. The minimum absolute atomic E-state index is 0.0971. The van der Waals surface area contributed by atoms with E-state index in [0.29, 0.717) is 25.4 Å². The van der Waals surface area contributed by atoms with E-state index in [1.807, 2.05) is 0 Å². The summed E-state index contributed by atoms with van der Waals surface area (Å²) in [6.07, 6.45) is -0.443. The van der Waals surface area contributed by atoms with Crippen LogP contribution >= 0.6 is 0 Å². The molecule has 0 aromatic carbocycles. The quantitative estimate of drug-likeness (QED) is 0.823. The molecule has 1 saturated heterocycles. The molecule has 1 atom stereocenters. The Morgan fingerprint density at radius 1 is 1.23 bits per heavy atom. The number of rotatable bonds is 4. The molecule has 0 radical (unpaired) electrons. The van der Waals surface area contributed by atoms with Crippen molar-refractivity contribution < 1.29 is 27.4 Å². The van der Waals surface area contributed by atoms with Crippen LogP contribution in [0.1, 0.15) is 22.5 Å². The third-order valence-electron chi connectivity index (χ3n) is 3.82. The lowest BCUT2D eigenvalue weighted by atomic mass is 10.2. The largest absolute Gasteiger partial charge is 0.480 e. The summed E-state index contributed by atoms with van der Waals surface area (Å²) in [6, 6.07) is 1.92. The van der Waals surface area contributed by atoms with Gasteiger partial charge in [-0.05, 0) is 12.1 Å². The molecule has 26 heavy (non-hydrogen) atoms. The van der Waals surface area contributed by atoms with Crippen LogP contribution in [-0.2, 0) is 6.18 Å². The summed E-state index contributed by atoms with van der Waals surface area (Å²) in [5, 5.41) is 0. The van der Waals surface area contributed by atoms with Crippen molar-refractivity contribution >= 4 is 5.91 Å². The van der Waals surface area contributed by atoms with Gasteiger partial charge in [-0.3, -0.25) is 14.8 Å². The number of pyridine rings is 1. The summed E-state index contributed by atoms with van der Waals surface area (Å²) < 4.78 is 48.3. The number of methoxy groups -OCH3 is 1. The van der Waals surface area contributed by atoms with Gasteiger partial charge in [-0.25, -0.2) is 0 Å². The van der Waals surface area contributed by atoms with Gasteiger partial charge in [0, 0.05) is 19.2 Å². The van der Waals surface area contributed by atoms with Gasteiger partial charge in [0.1, 0.15) is 11.8 Å². The first kappa shape index (κ1) is 17.9. The maximum absolute atomic E-state index is 12.5. The Bertz CT molecular complexity index is 783. The van der Waals surface area contributed by atoms with Crippen molar-refractivity contribution in [1.82, 2.24) is 19.9 Å². The fraction of sp³-hybridized carbons (Fsp3) is 0.375. The minimum atomic E-state index is -4.54. The number of likely N-dealkylation sites (tertiary alicyclic amines) is 1. The second kappa shape index (κ2) is 7.14. The van der Waals surface area contributed by atoms with Crippen molar-refractivity contribution in [1.29, 1.82) is 0 Å². The van der Waals surface area contributed by atoms with Crippen molar-refractivity contribution in [2.24, 2.45) is 0 Å². The van der Waals surface area contributed by atoms with Crippen molar-refractivity contribution in [2.45, 2.75) is 18.7 Å². The number of nitrogens with zero attached hydrogens (tertiary/aromatic N) is 4. The van der Waals surface area contributed by atoms with E-state index < -0.39 is 17.8 Å². The zero-order chi connectivity index (χ0) is 18.7. The number of halogens is 3. The lowest BCUT2D eigenvalue weighted by Crippen LogP contribution is -2.31. The molecule has 2 aromatic rings. The van der Waals surface area contributed by atoms with Gasteiger partial charge in [-0.15, -0.1) is 0 Å². The summed E-state index contributed by atoms with van der Waals surface area (Å²) in [6.45, 7) is 0.709. The molecule has 3 heterocycles. The molecular weight excluding hydrogens is 353 g/mol. The number of alkyl halides is 3. The highest BCUT2D eigenvalue weighted by atomic mass is 19.4. The summed E-state index contributed by atoms with van der Waals surface area (Å²) in [4.78, 5) is 25.2. The number of aromatic nitrogens is 3. The van der Waals surface area contributed by atoms with Crippen LogP contribution < -0.4 is 9.47 Å². The van der Waals surface area contributed by atoms with Crippen LogP contribution in [0, 0.1) is 0 Å². The maximum Gasteiger partial charge on any atom is 0.433 e. The molecule has 3 rings (SSSR count). The lowest BCUT2D eigenvalue weighted by molar-refractivity contribution is -0.141. The van der Waals surface area contributed by atoms with E-state index in [2.05, 4.69) is 15.0 Å². The first-order valence-corrected chi connectivity index (χ1v) is 7.72. The fourth-order valence-corrected chi connectivity index (χ4v) is 2.54. The molecule has 1 fully saturated rings. The second-order valence-corrected chi connectivity index (χ2v) is 5.61. The smallest absolute Gasteiger partial charge is 0.433 e. The molecule has 10 heteroatoms. The summed E-state index contributed by atoms with van der Waals surface area (Å²) in [5.74, 6) is 0.193. The van der Waals surface area contributed by atoms with Crippen LogP contribution in [0.2, 0.25) is 0 Å². The SMILES string of the molecule is COc1cncc(O[C@@H]2CCN(C(=O)c3ccc(C(F)(F)F)nc3)C2)n1. The summed E-state index contributed by atoms with van der Waals surface area (Å²) >= 11 is 0. The molecule has 0 aliphatic carbocycles. The Labute approximate surface area is 146 Å². The van der Waals surface area contributed by atoms with E-state index >= 15 is 0 Å². The average Bonchev–Trinajstić information content (AvgIpc) is 3.09. The van der Waals surface area contributed by atoms with E-state index in [4.69, 9.17) is 9.47 Å². The van der Waals surface area contributed by atoms with Gasteiger partial charge >= 0.3 is 6.18 Å². The predicted octanol–water partition coefficient (Wildman–Crippen LogP) is 2.19. The van der Waals surface area contributed by atoms with Crippen molar-refractivity contribution in [2.75, 3.05) is 20.2 Å². The van der Waals surface area contributed by atoms with Crippen LogP contribution in [0.25, 0.3) is 0 Å². The number of amides is 1. The molecule has 1 amide bonds. The third-order valence-corrected chi connectivity index (χ3v) is 3.82. The number of hydrogen-bond acceptors (Lipinski definition) is 6. The van der Waals surface area contributed by atoms with Crippen molar-refractivity contribution in [3.05, 3.63) is 42.0 Å². The van der Waals surface area contributed by atoms with Crippen LogP contribution in [0.5, 0.6) is 11.8 Å². The fourth-order valence-electron chi connectivity index (χ4n) is 2.54. The van der Waals surface area contributed by atoms with Crippen LogP contribution in [-0.4, -0.2) is 52.1 Å². The van der Waals surface area contributed by atoms with E-state index in [1.54, 1.807) is 0 Å². The Balaban J connectivity index is 1.62. The number of carbonyl (C=O) groups is 1. The number of ether oxygens (including phenoxy) is 2. The number of carbonyl (C=O) groups excluding carboxylic acids is 1. The minimum Gasteiger partial charge on any atom is -0.480 e. The third kappa shape index (κ3) is 4.01. The first-order valence-electron chi connectivity index (χ1n) is 7.72. The second-order valence-electron chi connectivity index (χ2n) is 5.61. The van der Waals surface area contributed by atoms with E-state index in [0.717, 1.165) is 18.3 Å². The summed E-state index contributed by atoms with van der Waals surface area (Å²) in [7, 11) is 1.46. The first-order chi connectivity index (χ1) is 12.4. The van der Waals surface area contributed by atoms with Gasteiger partial charge in [-0.2, -0.15) is 18.2 Å². The lowest BCUT2D eigenvalue weighted by Gasteiger charge is -2.17. The molecule has 1 aliphatic rings. The topological polar surface area (TPSA) is 77.4 Å². The van der Waals surface area contributed by atoms with Crippen LogP contribution in [0.4, 0.5) is 13.2 Å². The average molecular weight is 368 g/mol. The van der Waals surface area contributed by atoms with Crippen molar-refractivity contribution in [3.63, 3.8) is 0 Å². The zero-order valence-corrected chi connectivity index (χ0v) is 13.7. The highest BCUT2D eigenvalue weighted by Gasteiger charge is 2.33. The van der Waals surface area contributed by atoms with Gasteiger partial charge in [0.05, 0.1) is 31.6 Å². The predicted molar refractivity (Wildman–Crippen MR) is 82.8 cm³/mol. The Morgan fingerprint density at radius 2 is 2.00 bits per heavy atom. The Kier molecular flexibility index (Phi) is 4.92.